The summed E-state index contributed by atoms with van der Waals surface area (Å²) in [5.74, 6) is 0.685. The van der Waals surface area contributed by atoms with E-state index in [-0.39, 0.29) is 5.91 Å². The van der Waals surface area contributed by atoms with Crippen molar-refractivity contribution in [2.75, 3.05) is 33.8 Å². The van der Waals surface area contributed by atoms with Crippen molar-refractivity contribution in [3.63, 3.8) is 0 Å². The number of hydrogen-bond acceptors (Lipinski definition) is 3. The topological polar surface area (TPSA) is 57.4 Å². The molecule has 8 heteroatoms. The van der Waals surface area contributed by atoms with Gasteiger partial charge in [0.1, 0.15) is 11.4 Å². The van der Waals surface area contributed by atoms with Crippen LogP contribution in [0.1, 0.15) is 22.5 Å². The van der Waals surface area contributed by atoms with Crippen LogP contribution in [0, 0.1) is 0 Å². The van der Waals surface area contributed by atoms with Gasteiger partial charge in [0.25, 0.3) is 5.91 Å². The van der Waals surface area contributed by atoms with Crippen LogP contribution < -0.4 is 10.1 Å². The summed E-state index contributed by atoms with van der Waals surface area (Å²) >= 11 is 10.2. The number of hydrogen-bond donors (Lipinski definition) is 2. The maximum absolute atomic E-state index is 12.0. The van der Waals surface area contributed by atoms with E-state index in [0.29, 0.717) is 18.8 Å². The number of nitrogens with zero attached hydrogens (tertiary/aromatic N) is 1. The zero-order chi connectivity index (χ0) is 19.1. The number of amides is 1. The summed E-state index contributed by atoms with van der Waals surface area (Å²) in [5, 5.41) is 2.87. The van der Waals surface area contributed by atoms with Crippen LogP contribution >= 0.6 is 47.8 Å². The Labute approximate surface area is 179 Å². The molecule has 0 radical (unpaired) electrons. The predicted octanol–water partition coefficient (Wildman–Crippen LogP) is 4.61. The highest BCUT2D eigenvalue weighted by Gasteiger charge is 2.10. The number of carbonyl (C=O) groups is 1. The van der Waals surface area contributed by atoms with Crippen LogP contribution in [-0.4, -0.2) is 49.6 Å². The minimum absolute atomic E-state index is 0.136. The van der Waals surface area contributed by atoms with E-state index < -0.39 is 0 Å². The zero-order valence-electron chi connectivity index (χ0n) is 14.7. The molecule has 2 aromatic rings. The van der Waals surface area contributed by atoms with E-state index >= 15 is 0 Å². The lowest BCUT2D eigenvalue weighted by Crippen LogP contribution is -2.25. The molecule has 0 saturated carbocycles. The van der Waals surface area contributed by atoms with Gasteiger partial charge in [0.2, 0.25) is 0 Å². The molecule has 1 aromatic carbocycles. The van der Waals surface area contributed by atoms with Gasteiger partial charge < -0.3 is 19.9 Å². The molecule has 0 bridgehead atoms. The molecule has 142 valence electrons. The molecule has 0 saturated heterocycles. The van der Waals surface area contributed by atoms with Gasteiger partial charge in [-0.25, -0.2) is 0 Å². The average molecular weight is 552 g/mol. The third-order valence-corrected chi connectivity index (χ3v) is 6.08. The molecule has 0 spiro atoms. The molecule has 0 fully saturated rings. The van der Waals surface area contributed by atoms with Crippen molar-refractivity contribution in [1.29, 1.82) is 0 Å². The lowest BCUT2D eigenvalue weighted by atomic mass is 10.1. The smallest absolute Gasteiger partial charge is 0.267 e. The van der Waals surface area contributed by atoms with Gasteiger partial charge in [0, 0.05) is 13.1 Å². The van der Waals surface area contributed by atoms with E-state index in [1.54, 1.807) is 6.07 Å². The molecule has 1 heterocycles. The first-order valence-corrected chi connectivity index (χ1v) is 10.6. The largest absolute Gasteiger partial charge is 0.492 e. The van der Waals surface area contributed by atoms with E-state index in [2.05, 4.69) is 89.2 Å². The summed E-state index contributed by atoms with van der Waals surface area (Å²) in [5.41, 5.74) is 1.79. The molecular weight excluding hydrogens is 530 g/mol. The fourth-order valence-electron chi connectivity index (χ4n) is 2.25. The van der Waals surface area contributed by atoms with Crippen molar-refractivity contribution in [2.24, 2.45) is 0 Å². The van der Waals surface area contributed by atoms with E-state index in [1.807, 2.05) is 6.07 Å². The van der Waals surface area contributed by atoms with Crippen molar-refractivity contribution in [3.05, 3.63) is 49.1 Å². The Hall–Kier alpha value is -0.830. The number of halogens is 3. The Morgan fingerprint density at radius 1 is 1.19 bits per heavy atom. The van der Waals surface area contributed by atoms with Gasteiger partial charge in [0.15, 0.2) is 0 Å². The first-order chi connectivity index (χ1) is 12.4. The first kappa shape index (κ1) is 21.5. The lowest BCUT2D eigenvalue weighted by Gasteiger charge is -2.12. The molecule has 1 amide bonds. The molecule has 2 N–H and O–H groups in total. The molecule has 0 aliphatic carbocycles. The Morgan fingerprint density at radius 2 is 1.96 bits per heavy atom. The van der Waals surface area contributed by atoms with E-state index in [9.17, 15) is 4.79 Å². The number of nitrogens with one attached hydrogen (secondary N) is 2. The Bertz CT molecular complexity index is 728. The fourth-order valence-corrected chi connectivity index (χ4v) is 3.44. The van der Waals surface area contributed by atoms with Gasteiger partial charge in [-0.2, -0.15) is 0 Å². The summed E-state index contributed by atoms with van der Waals surface area (Å²) in [6.07, 6.45) is 1.73. The average Bonchev–Trinajstić information content (AvgIpc) is 2.93. The minimum atomic E-state index is -0.136. The van der Waals surface area contributed by atoms with Gasteiger partial charge in [-0.05, 0) is 98.5 Å². The van der Waals surface area contributed by atoms with Crippen LogP contribution in [0.15, 0.2) is 37.8 Å². The Kier molecular flexibility index (Phi) is 8.66. The van der Waals surface area contributed by atoms with Crippen molar-refractivity contribution < 1.29 is 9.53 Å². The van der Waals surface area contributed by atoms with E-state index in [0.717, 1.165) is 38.7 Å². The third kappa shape index (κ3) is 6.72. The maximum atomic E-state index is 12.0. The second kappa shape index (κ2) is 10.5. The lowest BCUT2D eigenvalue weighted by molar-refractivity contribution is 0.0947. The summed E-state index contributed by atoms with van der Waals surface area (Å²) < 4.78 is 8.33. The minimum Gasteiger partial charge on any atom is -0.492 e. The highest BCUT2D eigenvalue weighted by molar-refractivity contribution is 9.13. The molecule has 1 aromatic heterocycles. The number of carbonyl (C=O) groups excluding carboxylic acids is 1. The van der Waals surface area contributed by atoms with Crippen molar-refractivity contribution in [3.8, 4) is 5.75 Å². The van der Waals surface area contributed by atoms with Gasteiger partial charge in [0.05, 0.1) is 20.2 Å². The van der Waals surface area contributed by atoms with Crippen molar-refractivity contribution in [2.45, 2.75) is 12.8 Å². The molecule has 0 atom stereocenters. The highest BCUT2D eigenvalue weighted by atomic mass is 79.9. The summed E-state index contributed by atoms with van der Waals surface area (Å²) in [4.78, 5) is 17.1. The van der Waals surface area contributed by atoms with Crippen LogP contribution in [0.3, 0.4) is 0 Å². The van der Waals surface area contributed by atoms with Crippen LogP contribution in [0.2, 0.25) is 0 Å². The second-order valence-electron chi connectivity index (χ2n) is 6.12. The zero-order valence-corrected chi connectivity index (χ0v) is 19.5. The number of H-pyrrole nitrogens is 1. The number of aromatic amines is 1. The monoisotopic (exact) mass is 549 g/mol. The van der Waals surface area contributed by atoms with E-state index in [4.69, 9.17) is 4.74 Å². The summed E-state index contributed by atoms with van der Waals surface area (Å²) in [6.45, 7) is 2.10. The van der Waals surface area contributed by atoms with Crippen molar-refractivity contribution >= 4 is 53.7 Å². The molecule has 5 nitrogen and oxygen atoms in total. The quantitative estimate of drug-likeness (QED) is 0.448. The van der Waals surface area contributed by atoms with E-state index in [1.165, 1.54) is 5.56 Å². The molecule has 2 rings (SSSR count). The normalized spacial score (nSPS) is 11.0. The SMILES string of the molecule is CN(C)CCc1ccc(OCCCNC(=O)c2cc(Br)c(Br)[nH]2)c(Br)c1. The number of aromatic nitrogens is 1. The standard InChI is InChI=1S/C18H22Br3N3O2/c1-24(2)8-6-12-4-5-16(13(19)10-12)26-9-3-7-22-18(25)15-11-14(20)17(21)23-15/h4-5,10-11,23H,3,6-9H2,1-2H3,(H,22,25). The highest BCUT2D eigenvalue weighted by Crippen LogP contribution is 2.26. The number of benzene rings is 1. The fraction of sp³-hybridized carbons (Fsp3) is 0.389. The summed E-state index contributed by atoms with van der Waals surface area (Å²) in [6, 6.07) is 7.92. The van der Waals surface area contributed by atoms with Gasteiger partial charge in [-0.15, -0.1) is 0 Å². The maximum Gasteiger partial charge on any atom is 0.267 e. The van der Waals surface area contributed by atoms with Gasteiger partial charge >= 0.3 is 0 Å². The number of rotatable bonds is 9. The molecule has 0 unspecified atom stereocenters. The van der Waals surface area contributed by atoms with Gasteiger partial charge in [-0.3, -0.25) is 4.79 Å². The molecular formula is C18H22Br3N3O2. The first-order valence-electron chi connectivity index (χ1n) is 8.25. The molecule has 0 aliphatic heterocycles. The number of likely N-dealkylation sites (N-methyl/N-ethyl adjacent to an activating group) is 1. The van der Waals surface area contributed by atoms with Crippen molar-refractivity contribution in [1.82, 2.24) is 15.2 Å². The molecule has 0 aliphatic rings. The Balaban J connectivity index is 1.71. The van der Waals surface area contributed by atoms with Crippen LogP contribution in [0.4, 0.5) is 0 Å². The summed E-state index contributed by atoms with van der Waals surface area (Å²) in [7, 11) is 4.14. The Morgan fingerprint density at radius 3 is 2.58 bits per heavy atom. The van der Waals surface area contributed by atoms with Gasteiger partial charge in [-0.1, -0.05) is 6.07 Å². The predicted molar refractivity (Wildman–Crippen MR) is 115 cm³/mol. The third-order valence-electron chi connectivity index (χ3n) is 3.68. The van der Waals surface area contributed by atoms with Crippen LogP contribution in [-0.2, 0) is 6.42 Å². The second-order valence-corrected chi connectivity index (χ2v) is 8.62. The van der Waals surface area contributed by atoms with Crippen LogP contribution in [0.25, 0.3) is 0 Å². The number of ether oxygens (including phenoxy) is 1. The molecule has 26 heavy (non-hydrogen) atoms. The van der Waals surface area contributed by atoms with Crippen LogP contribution in [0.5, 0.6) is 5.75 Å².